The minimum atomic E-state index is -0.516. The second-order valence-corrected chi connectivity index (χ2v) is 7.00. The van der Waals surface area contributed by atoms with Crippen molar-refractivity contribution in [1.82, 2.24) is 5.32 Å². The Balaban J connectivity index is 1.70. The number of nitrogens with one attached hydrogen (secondary N) is 2. The predicted octanol–water partition coefficient (Wildman–Crippen LogP) is 4.81. The lowest BCUT2D eigenvalue weighted by molar-refractivity contribution is -0.384. The Kier molecular flexibility index (Phi) is 6.51. The monoisotopic (exact) mass is 413 g/mol. The molecule has 0 radical (unpaired) electrons. The van der Waals surface area contributed by atoms with Crippen molar-refractivity contribution in [3.05, 3.63) is 92.9 Å². The lowest BCUT2D eigenvalue weighted by Crippen LogP contribution is -2.34. The van der Waals surface area contributed by atoms with E-state index in [2.05, 4.69) is 10.6 Å². The van der Waals surface area contributed by atoms with Crippen LogP contribution in [0.2, 0.25) is 5.02 Å². The summed E-state index contributed by atoms with van der Waals surface area (Å²) in [6, 6.07) is 15.0. The van der Waals surface area contributed by atoms with E-state index in [0.29, 0.717) is 23.7 Å². The largest absolute Gasteiger partial charge is 0.469 e. The number of benzene rings is 2. The SMILES string of the molecule is CC(Cc1ccco1)NC(=O)c1ccc(NCc2ccccc2Cl)c([N+](=O)[O-])c1. The normalized spacial score (nSPS) is 11.7. The molecule has 0 saturated heterocycles. The molecule has 2 aromatic carbocycles. The molecule has 150 valence electrons. The summed E-state index contributed by atoms with van der Waals surface area (Å²) in [6.07, 6.45) is 2.10. The molecule has 1 atom stereocenters. The van der Waals surface area contributed by atoms with E-state index in [4.69, 9.17) is 16.0 Å². The van der Waals surface area contributed by atoms with Crippen LogP contribution in [0.4, 0.5) is 11.4 Å². The summed E-state index contributed by atoms with van der Waals surface area (Å²) in [7, 11) is 0. The van der Waals surface area contributed by atoms with E-state index in [1.54, 1.807) is 24.5 Å². The van der Waals surface area contributed by atoms with Crippen LogP contribution < -0.4 is 10.6 Å². The number of rotatable bonds is 8. The molecule has 3 rings (SSSR count). The van der Waals surface area contributed by atoms with Gasteiger partial charge in [-0.05, 0) is 42.8 Å². The molecule has 3 aromatic rings. The minimum absolute atomic E-state index is 0.177. The van der Waals surface area contributed by atoms with Gasteiger partial charge < -0.3 is 15.1 Å². The third kappa shape index (κ3) is 5.36. The smallest absolute Gasteiger partial charge is 0.293 e. The van der Waals surface area contributed by atoms with Crippen molar-refractivity contribution in [2.45, 2.75) is 25.9 Å². The van der Waals surface area contributed by atoms with Crippen molar-refractivity contribution in [2.24, 2.45) is 0 Å². The molecule has 1 unspecified atom stereocenters. The van der Waals surface area contributed by atoms with Crippen LogP contribution in [0, 0.1) is 10.1 Å². The Morgan fingerprint density at radius 3 is 2.69 bits per heavy atom. The lowest BCUT2D eigenvalue weighted by Gasteiger charge is -2.13. The Labute approximate surface area is 172 Å². The average molecular weight is 414 g/mol. The van der Waals surface area contributed by atoms with Gasteiger partial charge in [-0.2, -0.15) is 0 Å². The van der Waals surface area contributed by atoms with Gasteiger partial charge in [0.25, 0.3) is 11.6 Å². The molecule has 0 aliphatic carbocycles. The van der Waals surface area contributed by atoms with Crippen LogP contribution in [0.25, 0.3) is 0 Å². The third-order valence-corrected chi connectivity index (χ3v) is 4.72. The van der Waals surface area contributed by atoms with E-state index in [9.17, 15) is 14.9 Å². The zero-order chi connectivity index (χ0) is 20.8. The van der Waals surface area contributed by atoms with E-state index < -0.39 is 4.92 Å². The van der Waals surface area contributed by atoms with E-state index in [0.717, 1.165) is 11.3 Å². The first-order valence-electron chi connectivity index (χ1n) is 9.03. The molecule has 0 saturated carbocycles. The zero-order valence-electron chi connectivity index (χ0n) is 15.7. The fraction of sp³-hybridized carbons (Fsp3) is 0.190. The fourth-order valence-electron chi connectivity index (χ4n) is 2.89. The molecule has 1 amide bonds. The summed E-state index contributed by atoms with van der Waals surface area (Å²) in [5.74, 6) is 0.368. The van der Waals surface area contributed by atoms with Gasteiger partial charge >= 0.3 is 0 Å². The topological polar surface area (TPSA) is 97.4 Å². The van der Waals surface area contributed by atoms with Gasteiger partial charge in [-0.3, -0.25) is 14.9 Å². The van der Waals surface area contributed by atoms with Gasteiger partial charge in [-0.1, -0.05) is 29.8 Å². The molecule has 0 aliphatic rings. The second-order valence-electron chi connectivity index (χ2n) is 6.59. The number of hydrogen-bond donors (Lipinski definition) is 2. The molecular formula is C21H20ClN3O4. The average Bonchev–Trinajstić information content (AvgIpc) is 3.20. The summed E-state index contributed by atoms with van der Waals surface area (Å²) in [5.41, 5.74) is 1.17. The molecule has 1 heterocycles. The van der Waals surface area contributed by atoms with Crippen LogP contribution in [-0.4, -0.2) is 16.9 Å². The zero-order valence-corrected chi connectivity index (χ0v) is 16.5. The maximum Gasteiger partial charge on any atom is 0.293 e. The number of nitrogens with zero attached hydrogens (tertiary/aromatic N) is 1. The Morgan fingerprint density at radius 2 is 2.00 bits per heavy atom. The van der Waals surface area contributed by atoms with Crippen molar-refractivity contribution in [1.29, 1.82) is 0 Å². The second kappa shape index (κ2) is 9.25. The molecule has 29 heavy (non-hydrogen) atoms. The van der Waals surface area contributed by atoms with Crippen molar-refractivity contribution in [2.75, 3.05) is 5.32 Å². The third-order valence-electron chi connectivity index (χ3n) is 4.35. The van der Waals surface area contributed by atoms with Gasteiger partial charge in [0.05, 0.1) is 11.2 Å². The van der Waals surface area contributed by atoms with E-state index in [1.807, 2.05) is 31.2 Å². The van der Waals surface area contributed by atoms with Crippen LogP contribution in [0.15, 0.2) is 65.3 Å². The first-order valence-corrected chi connectivity index (χ1v) is 9.41. The number of nitro groups is 1. The van der Waals surface area contributed by atoms with Crippen molar-refractivity contribution >= 4 is 28.9 Å². The highest BCUT2D eigenvalue weighted by molar-refractivity contribution is 6.31. The number of anilines is 1. The summed E-state index contributed by atoms with van der Waals surface area (Å²) in [5, 5.41) is 17.9. The maximum atomic E-state index is 12.5. The Bertz CT molecular complexity index is 1000. The molecule has 1 aromatic heterocycles. The number of carbonyl (C=O) groups excluding carboxylic acids is 1. The molecule has 7 nitrogen and oxygen atoms in total. The number of carbonyl (C=O) groups is 1. The lowest BCUT2D eigenvalue weighted by atomic mass is 10.1. The quantitative estimate of drug-likeness (QED) is 0.407. The van der Waals surface area contributed by atoms with Crippen LogP contribution in [0.1, 0.15) is 28.6 Å². The molecular weight excluding hydrogens is 394 g/mol. The molecule has 8 heteroatoms. The van der Waals surface area contributed by atoms with Crippen molar-refractivity contribution in [3.8, 4) is 0 Å². The summed E-state index contributed by atoms with van der Waals surface area (Å²) >= 11 is 6.13. The number of halogens is 1. The highest BCUT2D eigenvalue weighted by atomic mass is 35.5. The van der Waals surface area contributed by atoms with Crippen molar-refractivity contribution in [3.63, 3.8) is 0 Å². The van der Waals surface area contributed by atoms with Crippen LogP contribution in [0.3, 0.4) is 0 Å². The molecule has 0 spiro atoms. The first-order chi connectivity index (χ1) is 13.9. The van der Waals surface area contributed by atoms with Gasteiger partial charge in [-0.25, -0.2) is 0 Å². The van der Waals surface area contributed by atoms with E-state index in [1.165, 1.54) is 12.1 Å². The predicted molar refractivity (Wildman–Crippen MR) is 111 cm³/mol. The van der Waals surface area contributed by atoms with Crippen LogP contribution >= 0.6 is 11.6 Å². The molecule has 0 aliphatic heterocycles. The van der Waals surface area contributed by atoms with Crippen LogP contribution in [0.5, 0.6) is 0 Å². The van der Waals surface area contributed by atoms with Gasteiger partial charge in [0.1, 0.15) is 11.4 Å². The van der Waals surface area contributed by atoms with Gasteiger partial charge in [0.2, 0.25) is 0 Å². The highest BCUT2D eigenvalue weighted by Gasteiger charge is 2.19. The van der Waals surface area contributed by atoms with E-state index in [-0.39, 0.29) is 23.2 Å². The first kappa shape index (κ1) is 20.4. The Morgan fingerprint density at radius 1 is 1.21 bits per heavy atom. The van der Waals surface area contributed by atoms with E-state index >= 15 is 0 Å². The fourth-order valence-corrected chi connectivity index (χ4v) is 3.10. The maximum absolute atomic E-state index is 12.5. The van der Waals surface area contributed by atoms with Gasteiger partial charge in [0.15, 0.2) is 0 Å². The Hall–Kier alpha value is -3.32. The van der Waals surface area contributed by atoms with Crippen molar-refractivity contribution < 1.29 is 14.1 Å². The standard InChI is InChI=1S/C21H20ClN3O4/c1-14(11-17-6-4-10-29-17)24-21(26)15-8-9-19(20(12-15)25(27)28)23-13-16-5-2-3-7-18(16)22/h2-10,12,14,23H,11,13H2,1H3,(H,24,26). The minimum Gasteiger partial charge on any atom is -0.469 e. The van der Waals surface area contributed by atoms with Gasteiger partial charge in [-0.15, -0.1) is 0 Å². The number of furan rings is 1. The van der Waals surface area contributed by atoms with Gasteiger partial charge in [0, 0.05) is 35.7 Å². The molecule has 0 bridgehead atoms. The summed E-state index contributed by atoms with van der Waals surface area (Å²) in [4.78, 5) is 23.5. The summed E-state index contributed by atoms with van der Waals surface area (Å²) in [6.45, 7) is 2.17. The van der Waals surface area contributed by atoms with Crippen LogP contribution in [-0.2, 0) is 13.0 Å². The highest BCUT2D eigenvalue weighted by Crippen LogP contribution is 2.27. The number of nitro benzene ring substituents is 1. The molecule has 0 fully saturated rings. The molecule has 2 N–H and O–H groups in total. The summed E-state index contributed by atoms with van der Waals surface area (Å²) < 4.78 is 5.27. The number of hydrogen-bond acceptors (Lipinski definition) is 5. The number of amides is 1.